The Balaban J connectivity index is 2.10. The monoisotopic (exact) mass is 207 g/mol. The lowest BCUT2D eigenvalue weighted by molar-refractivity contribution is 0.351. The van der Waals surface area contributed by atoms with E-state index in [9.17, 15) is 0 Å². The van der Waals surface area contributed by atoms with E-state index in [-0.39, 0.29) is 0 Å². The van der Waals surface area contributed by atoms with Gasteiger partial charge >= 0.3 is 0 Å². The molecule has 84 valence electrons. The van der Waals surface area contributed by atoms with Gasteiger partial charge in [-0.2, -0.15) is 5.10 Å². The molecule has 1 fully saturated rings. The summed E-state index contributed by atoms with van der Waals surface area (Å²) in [6, 6.07) is 0.541. The van der Waals surface area contributed by atoms with Gasteiger partial charge in [0, 0.05) is 5.56 Å². The molecule has 2 N–H and O–H groups in total. The van der Waals surface area contributed by atoms with Gasteiger partial charge in [-0.15, -0.1) is 0 Å². The number of hydrogen-bond acceptors (Lipinski definition) is 2. The summed E-state index contributed by atoms with van der Waals surface area (Å²) in [6.07, 6.45) is 11.2. The molecule has 1 aliphatic rings. The molecule has 1 aliphatic carbocycles. The molecule has 0 aliphatic heterocycles. The van der Waals surface area contributed by atoms with Gasteiger partial charge in [-0.25, -0.2) is 4.68 Å². The minimum absolute atomic E-state index is 0.541. The van der Waals surface area contributed by atoms with Crippen LogP contribution in [0, 0.1) is 6.92 Å². The zero-order chi connectivity index (χ0) is 10.7. The predicted molar refractivity (Wildman–Crippen MR) is 62.7 cm³/mol. The zero-order valence-corrected chi connectivity index (χ0v) is 9.58. The molecule has 3 heteroatoms. The van der Waals surface area contributed by atoms with Crippen molar-refractivity contribution >= 4 is 5.82 Å². The standard InChI is InChI=1S/C12H21N3/c1-10-9-14-15(12(10)13)11-7-5-3-2-4-6-8-11/h9,11H,2-8,13H2,1H3. The molecule has 0 atom stereocenters. The maximum Gasteiger partial charge on any atom is 0.124 e. The molecule has 1 saturated carbocycles. The Morgan fingerprint density at radius 3 is 2.33 bits per heavy atom. The minimum atomic E-state index is 0.541. The van der Waals surface area contributed by atoms with E-state index in [4.69, 9.17) is 5.73 Å². The second kappa shape index (κ2) is 4.69. The maximum atomic E-state index is 6.02. The van der Waals surface area contributed by atoms with Gasteiger partial charge < -0.3 is 5.73 Å². The summed E-state index contributed by atoms with van der Waals surface area (Å²) in [6.45, 7) is 2.03. The SMILES string of the molecule is Cc1cnn(C2CCCCCCC2)c1N. The van der Waals surface area contributed by atoms with Crippen LogP contribution in [0.15, 0.2) is 6.20 Å². The number of anilines is 1. The number of hydrogen-bond donors (Lipinski definition) is 1. The molecule has 15 heavy (non-hydrogen) atoms. The van der Waals surface area contributed by atoms with Gasteiger partial charge in [0.1, 0.15) is 5.82 Å². The van der Waals surface area contributed by atoms with Crippen molar-refractivity contribution in [3.05, 3.63) is 11.8 Å². The summed E-state index contributed by atoms with van der Waals surface area (Å²) < 4.78 is 2.04. The lowest BCUT2D eigenvalue weighted by Crippen LogP contribution is -2.14. The lowest BCUT2D eigenvalue weighted by Gasteiger charge is -2.21. The molecule has 1 aromatic rings. The van der Waals surface area contributed by atoms with Crippen molar-refractivity contribution in [1.82, 2.24) is 9.78 Å². The third-order valence-corrected chi connectivity index (χ3v) is 3.45. The summed E-state index contributed by atoms with van der Waals surface area (Å²) >= 11 is 0. The summed E-state index contributed by atoms with van der Waals surface area (Å²) in [7, 11) is 0. The average molecular weight is 207 g/mol. The highest BCUT2D eigenvalue weighted by Gasteiger charge is 2.16. The number of nitrogens with zero attached hydrogens (tertiary/aromatic N) is 2. The van der Waals surface area contributed by atoms with E-state index in [1.807, 2.05) is 17.8 Å². The van der Waals surface area contributed by atoms with Gasteiger partial charge in [-0.3, -0.25) is 0 Å². The molecule has 0 saturated heterocycles. The van der Waals surface area contributed by atoms with Crippen molar-refractivity contribution in [3.8, 4) is 0 Å². The van der Waals surface area contributed by atoms with Gasteiger partial charge in [-0.05, 0) is 19.8 Å². The molecule has 3 nitrogen and oxygen atoms in total. The Kier molecular flexibility index (Phi) is 3.29. The molecule has 1 heterocycles. The first-order valence-electron chi connectivity index (χ1n) is 6.08. The highest BCUT2D eigenvalue weighted by Crippen LogP contribution is 2.28. The van der Waals surface area contributed by atoms with Crippen LogP contribution >= 0.6 is 0 Å². The predicted octanol–water partition coefficient (Wildman–Crippen LogP) is 3.06. The van der Waals surface area contributed by atoms with Crippen LogP contribution in [0.4, 0.5) is 5.82 Å². The second-order valence-corrected chi connectivity index (χ2v) is 4.66. The normalized spacial score (nSPS) is 19.8. The summed E-state index contributed by atoms with van der Waals surface area (Å²) in [4.78, 5) is 0. The summed E-state index contributed by atoms with van der Waals surface area (Å²) in [5.41, 5.74) is 7.13. The highest BCUT2D eigenvalue weighted by atomic mass is 15.3. The third-order valence-electron chi connectivity index (χ3n) is 3.45. The topological polar surface area (TPSA) is 43.8 Å². The van der Waals surface area contributed by atoms with Crippen molar-refractivity contribution < 1.29 is 0 Å². The van der Waals surface area contributed by atoms with E-state index in [2.05, 4.69) is 5.10 Å². The molecular weight excluding hydrogens is 186 g/mol. The van der Waals surface area contributed by atoms with Gasteiger partial charge in [-0.1, -0.05) is 32.1 Å². The molecule has 0 amide bonds. The number of aromatic nitrogens is 2. The molecule has 1 aromatic heterocycles. The van der Waals surface area contributed by atoms with Gasteiger partial charge in [0.05, 0.1) is 12.2 Å². The van der Waals surface area contributed by atoms with E-state index >= 15 is 0 Å². The van der Waals surface area contributed by atoms with Gasteiger partial charge in [0.15, 0.2) is 0 Å². The van der Waals surface area contributed by atoms with E-state index in [0.717, 1.165) is 11.4 Å². The minimum Gasteiger partial charge on any atom is -0.384 e. The molecular formula is C12H21N3. The number of nitrogen functional groups attached to an aromatic ring is 1. The molecule has 0 aromatic carbocycles. The van der Waals surface area contributed by atoms with Crippen LogP contribution in [0.1, 0.15) is 56.6 Å². The molecule has 2 rings (SSSR count). The van der Waals surface area contributed by atoms with Gasteiger partial charge in [0.2, 0.25) is 0 Å². The van der Waals surface area contributed by atoms with Crippen LogP contribution in [0.25, 0.3) is 0 Å². The fourth-order valence-electron chi connectivity index (χ4n) is 2.43. The Hall–Kier alpha value is -0.990. The molecule has 0 bridgehead atoms. The Bertz CT molecular complexity index is 309. The maximum absolute atomic E-state index is 6.02. The Morgan fingerprint density at radius 2 is 1.80 bits per heavy atom. The fourth-order valence-corrected chi connectivity index (χ4v) is 2.43. The highest BCUT2D eigenvalue weighted by molar-refractivity contribution is 5.37. The van der Waals surface area contributed by atoms with E-state index in [0.29, 0.717) is 6.04 Å². The zero-order valence-electron chi connectivity index (χ0n) is 9.58. The van der Waals surface area contributed by atoms with Crippen molar-refractivity contribution in [2.75, 3.05) is 5.73 Å². The van der Waals surface area contributed by atoms with Crippen molar-refractivity contribution in [2.24, 2.45) is 0 Å². The second-order valence-electron chi connectivity index (χ2n) is 4.66. The first kappa shape index (κ1) is 10.5. The van der Waals surface area contributed by atoms with Crippen LogP contribution in [-0.2, 0) is 0 Å². The summed E-state index contributed by atoms with van der Waals surface area (Å²) in [5, 5.41) is 4.40. The smallest absolute Gasteiger partial charge is 0.124 e. The third kappa shape index (κ3) is 2.33. The van der Waals surface area contributed by atoms with Crippen molar-refractivity contribution in [2.45, 2.75) is 57.9 Å². The Labute approximate surface area is 91.7 Å². The van der Waals surface area contributed by atoms with Crippen LogP contribution in [0.3, 0.4) is 0 Å². The number of nitrogens with two attached hydrogens (primary N) is 1. The Morgan fingerprint density at radius 1 is 1.20 bits per heavy atom. The first-order valence-corrected chi connectivity index (χ1v) is 6.08. The quantitative estimate of drug-likeness (QED) is 0.769. The molecule has 0 spiro atoms. The average Bonchev–Trinajstić information content (AvgIpc) is 2.48. The summed E-state index contributed by atoms with van der Waals surface area (Å²) in [5.74, 6) is 0.862. The van der Waals surface area contributed by atoms with Crippen molar-refractivity contribution in [3.63, 3.8) is 0 Å². The lowest BCUT2D eigenvalue weighted by atomic mass is 9.97. The van der Waals surface area contributed by atoms with E-state index in [1.54, 1.807) is 0 Å². The number of rotatable bonds is 1. The fraction of sp³-hybridized carbons (Fsp3) is 0.750. The molecule has 0 radical (unpaired) electrons. The van der Waals surface area contributed by atoms with Crippen molar-refractivity contribution in [1.29, 1.82) is 0 Å². The largest absolute Gasteiger partial charge is 0.384 e. The van der Waals surface area contributed by atoms with Gasteiger partial charge in [0.25, 0.3) is 0 Å². The van der Waals surface area contributed by atoms with Crippen LogP contribution in [0.5, 0.6) is 0 Å². The van der Waals surface area contributed by atoms with E-state index < -0.39 is 0 Å². The van der Waals surface area contributed by atoms with Crippen LogP contribution in [0.2, 0.25) is 0 Å². The number of aryl methyl sites for hydroxylation is 1. The van der Waals surface area contributed by atoms with E-state index in [1.165, 1.54) is 44.9 Å². The first-order chi connectivity index (χ1) is 7.29. The molecule has 0 unspecified atom stereocenters. The van der Waals surface area contributed by atoms with Crippen LogP contribution in [-0.4, -0.2) is 9.78 Å². The van der Waals surface area contributed by atoms with Crippen LogP contribution < -0.4 is 5.73 Å².